The molecule has 0 saturated carbocycles. The standard InChI is InChI=1S/C13H19N3O2/c1-9(2)8-16-11(4)12(10(3)15-16)7-13(17)18-6-5-14/h9H,6-8H2,1-4H3. The molecule has 0 aliphatic rings. The Morgan fingerprint density at radius 3 is 2.72 bits per heavy atom. The molecule has 0 N–H and O–H groups in total. The maximum absolute atomic E-state index is 11.5. The van der Waals surface area contributed by atoms with Gasteiger partial charge in [-0.25, -0.2) is 0 Å². The smallest absolute Gasteiger partial charge is 0.311 e. The van der Waals surface area contributed by atoms with E-state index in [1.54, 1.807) is 6.07 Å². The van der Waals surface area contributed by atoms with Crippen LogP contribution < -0.4 is 0 Å². The first-order valence-corrected chi connectivity index (χ1v) is 6.01. The van der Waals surface area contributed by atoms with Crippen molar-refractivity contribution in [2.24, 2.45) is 5.92 Å². The highest BCUT2D eigenvalue weighted by Crippen LogP contribution is 2.15. The second-order valence-electron chi connectivity index (χ2n) is 4.72. The van der Waals surface area contributed by atoms with Crippen molar-refractivity contribution in [2.75, 3.05) is 6.61 Å². The number of nitrogens with zero attached hydrogens (tertiary/aromatic N) is 3. The first-order valence-electron chi connectivity index (χ1n) is 6.01. The molecular weight excluding hydrogens is 230 g/mol. The molecule has 1 aromatic rings. The highest BCUT2D eigenvalue weighted by atomic mass is 16.5. The number of aryl methyl sites for hydroxylation is 1. The molecule has 0 unspecified atom stereocenters. The summed E-state index contributed by atoms with van der Waals surface area (Å²) >= 11 is 0. The third-order valence-corrected chi connectivity index (χ3v) is 2.69. The largest absolute Gasteiger partial charge is 0.450 e. The molecule has 0 aromatic carbocycles. The van der Waals surface area contributed by atoms with Crippen LogP contribution in [0.4, 0.5) is 0 Å². The van der Waals surface area contributed by atoms with Crippen molar-refractivity contribution in [3.8, 4) is 6.07 Å². The Hall–Kier alpha value is -1.83. The Labute approximate surface area is 107 Å². The van der Waals surface area contributed by atoms with E-state index in [-0.39, 0.29) is 19.0 Å². The summed E-state index contributed by atoms with van der Waals surface area (Å²) in [7, 11) is 0. The van der Waals surface area contributed by atoms with Crippen LogP contribution in [0.5, 0.6) is 0 Å². The molecule has 0 fully saturated rings. The summed E-state index contributed by atoms with van der Waals surface area (Å²) in [5.74, 6) is 0.119. The molecule has 0 bridgehead atoms. The van der Waals surface area contributed by atoms with Gasteiger partial charge in [0.25, 0.3) is 0 Å². The van der Waals surface area contributed by atoms with Crippen molar-refractivity contribution in [2.45, 2.75) is 40.7 Å². The molecule has 98 valence electrons. The van der Waals surface area contributed by atoms with Crippen molar-refractivity contribution in [3.05, 3.63) is 17.0 Å². The Morgan fingerprint density at radius 1 is 1.50 bits per heavy atom. The highest BCUT2D eigenvalue weighted by Gasteiger charge is 2.16. The topological polar surface area (TPSA) is 67.9 Å². The minimum atomic E-state index is -0.383. The van der Waals surface area contributed by atoms with Crippen molar-refractivity contribution in [3.63, 3.8) is 0 Å². The van der Waals surface area contributed by atoms with Crippen LogP contribution in [-0.4, -0.2) is 22.4 Å². The van der Waals surface area contributed by atoms with Crippen LogP contribution in [0.15, 0.2) is 0 Å². The maximum Gasteiger partial charge on any atom is 0.311 e. The van der Waals surface area contributed by atoms with E-state index < -0.39 is 0 Å². The number of rotatable bonds is 5. The summed E-state index contributed by atoms with van der Waals surface area (Å²) in [6.45, 7) is 8.72. The predicted octanol–water partition coefficient (Wildman–Crippen LogP) is 1.77. The molecule has 0 saturated heterocycles. The maximum atomic E-state index is 11.5. The molecule has 0 radical (unpaired) electrons. The van der Waals surface area contributed by atoms with Gasteiger partial charge < -0.3 is 4.74 Å². The number of aromatic nitrogens is 2. The Bertz CT molecular complexity index is 469. The minimum Gasteiger partial charge on any atom is -0.450 e. The molecule has 18 heavy (non-hydrogen) atoms. The van der Waals surface area contributed by atoms with Gasteiger partial charge in [0.15, 0.2) is 6.61 Å². The van der Waals surface area contributed by atoms with Gasteiger partial charge in [-0.3, -0.25) is 9.48 Å². The molecule has 5 nitrogen and oxygen atoms in total. The Balaban J connectivity index is 2.80. The number of hydrogen-bond acceptors (Lipinski definition) is 4. The van der Waals surface area contributed by atoms with Gasteiger partial charge in [-0.2, -0.15) is 10.4 Å². The predicted molar refractivity (Wildman–Crippen MR) is 66.8 cm³/mol. The van der Waals surface area contributed by atoms with E-state index >= 15 is 0 Å². The van der Waals surface area contributed by atoms with E-state index in [9.17, 15) is 4.79 Å². The quantitative estimate of drug-likeness (QED) is 0.746. The minimum absolute atomic E-state index is 0.178. The second kappa shape index (κ2) is 6.20. The lowest BCUT2D eigenvalue weighted by Crippen LogP contribution is -2.11. The molecule has 1 aromatic heterocycles. The third-order valence-electron chi connectivity index (χ3n) is 2.69. The van der Waals surface area contributed by atoms with Crippen LogP contribution in [0.25, 0.3) is 0 Å². The van der Waals surface area contributed by atoms with Crippen LogP contribution in [0.3, 0.4) is 0 Å². The van der Waals surface area contributed by atoms with Gasteiger partial charge in [-0.15, -0.1) is 0 Å². The van der Waals surface area contributed by atoms with Crippen LogP contribution >= 0.6 is 0 Å². The summed E-state index contributed by atoms with van der Waals surface area (Å²) in [5.41, 5.74) is 2.75. The lowest BCUT2D eigenvalue weighted by molar-refractivity contribution is -0.141. The SMILES string of the molecule is Cc1nn(CC(C)C)c(C)c1CC(=O)OCC#N. The molecule has 1 rings (SSSR count). The van der Waals surface area contributed by atoms with Crippen molar-refractivity contribution in [1.29, 1.82) is 5.26 Å². The van der Waals surface area contributed by atoms with E-state index in [1.807, 2.05) is 18.5 Å². The number of carbonyl (C=O) groups excluding carboxylic acids is 1. The number of nitriles is 1. The average molecular weight is 249 g/mol. The van der Waals surface area contributed by atoms with Gasteiger partial charge in [0.1, 0.15) is 6.07 Å². The van der Waals surface area contributed by atoms with E-state index in [2.05, 4.69) is 18.9 Å². The van der Waals surface area contributed by atoms with E-state index in [1.165, 1.54) is 0 Å². The van der Waals surface area contributed by atoms with Crippen molar-refractivity contribution >= 4 is 5.97 Å². The molecule has 0 atom stereocenters. The van der Waals surface area contributed by atoms with Gasteiger partial charge in [0.2, 0.25) is 0 Å². The summed E-state index contributed by atoms with van der Waals surface area (Å²) in [5, 5.41) is 12.8. The van der Waals surface area contributed by atoms with Gasteiger partial charge in [-0.1, -0.05) is 13.8 Å². The highest BCUT2D eigenvalue weighted by molar-refractivity contribution is 5.73. The molecule has 5 heteroatoms. The number of hydrogen-bond donors (Lipinski definition) is 0. The normalized spacial score (nSPS) is 10.4. The summed E-state index contributed by atoms with van der Waals surface area (Å²) in [6, 6.07) is 1.78. The van der Waals surface area contributed by atoms with E-state index in [4.69, 9.17) is 10.00 Å². The van der Waals surface area contributed by atoms with E-state index in [0.29, 0.717) is 5.92 Å². The third kappa shape index (κ3) is 3.59. The van der Waals surface area contributed by atoms with Crippen molar-refractivity contribution < 1.29 is 9.53 Å². The first-order chi connectivity index (χ1) is 8.45. The summed E-state index contributed by atoms with van der Waals surface area (Å²) in [4.78, 5) is 11.5. The first kappa shape index (κ1) is 14.2. The van der Waals surface area contributed by atoms with Crippen LogP contribution in [0, 0.1) is 31.1 Å². The Morgan fingerprint density at radius 2 is 2.17 bits per heavy atom. The number of ether oxygens (including phenoxy) is 1. The fraction of sp³-hybridized carbons (Fsp3) is 0.615. The average Bonchev–Trinajstić information content (AvgIpc) is 2.53. The van der Waals surface area contributed by atoms with E-state index in [0.717, 1.165) is 23.5 Å². The molecule has 0 aliphatic heterocycles. The number of carbonyl (C=O) groups is 1. The summed E-state index contributed by atoms with van der Waals surface area (Å²) in [6.07, 6.45) is 0.178. The van der Waals surface area contributed by atoms with Gasteiger partial charge >= 0.3 is 5.97 Å². The van der Waals surface area contributed by atoms with Gasteiger partial charge in [-0.05, 0) is 19.8 Å². The van der Waals surface area contributed by atoms with Crippen LogP contribution in [-0.2, 0) is 22.5 Å². The molecule has 0 aliphatic carbocycles. The number of esters is 1. The molecular formula is C13H19N3O2. The monoisotopic (exact) mass is 249 g/mol. The van der Waals surface area contributed by atoms with Gasteiger partial charge in [0, 0.05) is 17.8 Å². The molecule has 1 heterocycles. The lowest BCUT2D eigenvalue weighted by Gasteiger charge is -2.07. The molecule has 0 spiro atoms. The zero-order valence-electron chi connectivity index (χ0n) is 11.4. The fourth-order valence-electron chi connectivity index (χ4n) is 1.82. The van der Waals surface area contributed by atoms with Crippen LogP contribution in [0.1, 0.15) is 30.8 Å². The lowest BCUT2D eigenvalue weighted by atomic mass is 10.1. The second-order valence-corrected chi connectivity index (χ2v) is 4.72. The Kier molecular flexibility index (Phi) is 4.90. The van der Waals surface area contributed by atoms with Crippen molar-refractivity contribution in [1.82, 2.24) is 9.78 Å². The summed E-state index contributed by atoms with van der Waals surface area (Å²) < 4.78 is 6.68. The zero-order chi connectivity index (χ0) is 13.7. The molecule has 0 amide bonds. The van der Waals surface area contributed by atoms with Gasteiger partial charge in [0.05, 0.1) is 12.1 Å². The van der Waals surface area contributed by atoms with Crippen LogP contribution in [0.2, 0.25) is 0 Å². The fourth-order valence-corrected chi connectivity index (χ4v) is 1.82. The zero-order valence-corrected chi connectivity index (χ0v) is 11.4.